The molecule has 4 nitrogen and oxygen atoms in total. The molecule has 0 bridgehead atoms. The van der Waals surface area contributed by atoms with Crippen LogP contribution in [0.25, 0.3) is 5.57 Å². The van der Waals surface area contributed by atoms with Crippen LogP contribution in [-0.4, -0.2) is 38.9 Å². The number of nitrogens with zero attached hydrogens (tertiary/aromatic N) is 4. The zero-order chi connectivity index (χ0) is 16.9. The Balaban J connectivity index is 1.33. The highest BCUT2D eigenvalue weighted by atomic mass is 15.3. The van der Waals surface area contributed by atoms with Crippen molar-refractivity contribution < 1.29 is 0 Å². The molecule has 1 aliphatic heterocycles. The second-order valence-corrected chi connectivity index (χ2v) is 6.61. The Morgan fingerprint density at radius 2 is 1.80 bits per heavy atom. The molecule has 2 aromatic heterocycles. The van der Waals surface area contributed by atoms with Gasteiger partial charge in [-0.3, -0.25) is 9.58 Å². The first-order valence-corrected chi connectivity index (χ1v) is 8.96. The first-order chi connectivity index (χ1) is 12.4. The SMILES string of the molecule is C1=C(c2cnn(Cc3ccccc3)c2)CCN(CCn2cccc2)C1. The third-order valence-corrected chi connectivity index (χ3v) is 4.83. The standard InChI is InChI=1S/C21H24N4/c1-2-6-19(7-3-1)17-25-18-21(16-22-25)20-8-12-24(13-9-20)15-14-23-10-4-5-11-23/h1-8,10-11,16,18H,9,12-15,17H2. The molecule has 0 spiro atoms. The molecule has 0 saturated carbocycles. The third-order valence-electron chi connectivity index (χ3n) is 4.83. The van der Waals surface area contributed by atoms with E-state index in [0.717, 1.165) is 39.1 Å². The van der Waals surface area contributed by atoms with E-state index in [0.29, 0.717) is 0 Å². The lowest BCUT2D eigenvalue weighted by Crippen LogP contribution is -2.31. The number of aromatic nitrogens is 3. The average Bonchev–Trinajstić information content (AvgIpc) is 3.33. The normalized spacial score (nSPS) is 15.3. The van der Waals surface area contributed by atoms with Gasteiger partial charge in [0.25, 0.3) is 0 Å². The van der Waals surface area contributed by atoms with Gasteiger partial charge in [-0.05, 0) is 29.7 Å². The molecule has 25 heavy (non-hydrogen) atoms. The van der Waals surface area contributed by atoms with Crippen LogP contribution in [0.4, 0.5) is 0 Å². The Morgan fingerprint density at radius 1 is 0.960 bits per heavy atom. The molecular weight excluding hydrogens is 308 g/mol. The van der Waals surface area contributed by atoms with Crippen LogP contribution in [-0.2, 0) is 13.1 Å². The Hall–Kier alpha value is -2.59. The van der Waals surface area contributed by atoms with Crippen molar-refractivity contribution >= 4 is 5.57 Å². The first-order valence-electron chi connectivity index (χ1n) is 8.96. The van der Waals surface area contributed by atoms with Crippen molar-refractivity contribution in [2.24, 2.45) is 0 Å². The van der Waals surface area contributed by atoms with Crippen molar-refractivity contribution in [3.05, 3.63) is 84.5 Å². The van der Waals surface area contributed by atoms with Gasteiger partial charge < -0.3 is 4.57 Å². The van der Waals surface area contributed by atoms with Gasteiger partial charge in [0.2, 0.25) is 0 Å². The Labute approximate surface area is 149 Å². The molecule has 0 amide bonds. The lowest BCUT2D eigenvalue weighted by Gasteiger charge is -2.26. The fourth-order valence-corrected chi connectivity index (χ4v) is 3.34. The zero-order valence-electron chi connectivity index (χ0n) is 14.5. The fraction of sp³-hybridized carbons (Fsp3) is 0.286. The predicted molar refractivity (Wildman–Crippen MR) is 101 cm³/mol. The monoisotopic (exact) mass is 332 g/mol. The Kier molecular flexibility index (Phi) is 4.79. The molecule has 0 fully saturated rings. The lowest BCUT2D eigenvalue weighted by atomic mass is 10.0. The van der Waals surface area contributed by atoms with E-state index < -0.39 is 0 Å². The van der Waals surface area contributed by atoms with Crippen LogP contribution in [0, 0.1) is 0 Å². The van der Waals surface area contributed by atoms with Crippen LogP contribution in [0.3, 0.4) is 0 Å². The molecule has 4 rings (SSSR count). The Morgan fingerprint density at radius 3 is 2.56 bits per heavy atom. The molecule has 0 N–H and O–H groups in total. The molecule has 0 radical (unpaired) electrons. The van der Waals surface area contributed by atoms with E-state index in [2.05, 4.69) is 75.6 Å². The molecule has 0 unspecified atom stereocenters. The van der Waals surface area contributed by atoms with Crippen LogP contribution in [0.1, 0.15) is 17.5 Å². The second kappa shape index (κ2) is 7.53. The lowest BCUT2D eigenvalue weighted by molar-refractivity contribution is 0.289. The minimum Gasteiger partial charge on any atom is -0.353 e. The summed E-state index contributed by atoms with van der Waals surface area (Å²) in [6, 6.07) is 14.7. The van der Waals surface area contributed by atoms with Gasteiger partial charge in [-0.15, -0.1) is 0 Å². The van der Waals surface area contributed by atoms with Crippen molar-refractivity contribution in [3.8, 4) is 0 Å². The maximum Gasteiger partial charge on any atom is 0.0659 e. The van der Waals surface area contributed by atoms with E-state index in [4.69, 9.17) is 0 Å². The first kappa shape index (κ1) is 15.9. The Bertz CT molecular complexity index is 815. The number of rotatable bonds is 6. The molecule has 1 aromatic carbocycles. The van der Waals surface area contributed by atoms with Gasteiger partial charge in [0, 0.05) is 50.3 Å². The summed E-state index contributed by atoms with van der Waals surface area (Å²) in [5.74, 6) is 0. The van der Waals surface area contributed by atoms with E-state index >= 15 is 0 Å². The highest BCUT2D eigenvalue weighted by molar-refractivity contribution is 5.65. The minimum atomic E-state index is 0.830. The van der Waals surface area contributed by atoms with E-state index in [1.165, 1.54) is 16.7 Å². The molecule has 3 aromatic rings. The second-order valence-electron chi connectivity index (χ2n) is 6.61. The zero-order valence-corrected chi connectivity index (χ0v) is 14.5. The van der Waals surface area contributed by atoms with Gasteiger partial charge in [0.1, 0.15) is 0 Å². The molecule has 0 atom stereocenters. The topological polar surface area (TPSA) is 26.0 Å². The highest BCUT2D eigenvalue weighted by Crippen LogP contribution is 2.22. The van der Waals surface area contributed by atoms with E-state index in [9.17, 15) is 0 Å². The molecule has 128 valence electrons. The van der Waals surface area contributed by atoms with Crippen molar-refractivity contribution in [3.63, 3.8) is 0 Å². The van der Waals surface area contributed by atoms with Crippen molar-refractivity contribution in [2.45, 2.75) is 19.5 Å². The van der Waals surface area contributed by atoms with Crippen LogP contribution in [0.5, 0.6) is 0 Å². The highest BCUT2D eigenvalue weighted by Gasteiger charge is 2.14. The largest absolute Gasteiger partial charge is 0.353 e. The summed E-state index contributed by atoms with van der Waals surface area (Å²) in [7, 11) is 0. The van der Waals surface area contributed by atoms with Gasteiger partial charge in [-0.25, -0.2) is 0 Å². The van der Waals surface area contributed by atoms with Crippen molar-refractivity contribution in [2.75, 3.05) is 19.6 Å². The van der Waals surface area contributed by atoms with Crippen LogP contribution >= 0.6 is 0 Å². The quantitative estimate of drug-likeness (QED) is 0.690. The van der Waals surface area contributed by atoms with Crippen molar-refractivity contribution in [1.29, 1.82) is 0 Å². The smallest absolute Gasteiger partial charge is 0.0659 e. The number of hydrogen-bond acceptors (Lipinski definition) is 2. The molecule has 4 heteroatoms. The van der Waals surface area contributed by atoms with E-state index in [1.54, 1.807) is 0 Å². The van der Waals surface area contributed by atoms with E-state index in [1.807, 2.05) is 16.9 Å². The number of benzene rings is 1. The summed E-state index contributed by atoms with van der Waals surface area (Å²) in [4.78, 5) is 2.51. The summed E-state index contributed by atoms with van der Waals surface area (Å²) < 4.78 is 4.27. The molecular formula is C21H24N4. The maximum absolute atomic E-state index is 4.53. The van der Waals surface area contributed by atoms with Gasteiger partial charge in [-0.1, -0.05) is 36.4 Å². The van der Waals surface area contributed by atoms with Gasteiger partial charge in [-0.2, -0.15) is 5.10 Å². The van der Waals surface area contributed by atoms with Crippen LogP contribution in [0.15, 0.2) is 73.3 Å². The fourth-order valence-electron chi connectivity index (χ4n) is 3.34. The van der Waals surface area contributed by atoms with Crippen LogP contribution in [0.2, 0.25) is 0 Å². The summed E-state index contributed by atoms with van der Waals surface area (Å²) in [6.45, 7) is 5.14. The summed E-state index contributed by atoms with van der Waals surface area (Å²) in [6.07, 6.45) is 11.9. The van der Waals surface area contributed by atoms with Crippen molar-refractivity contribution in [1.82, 2.24) is 19.2 Å². The minimum absolute atomic E-state index is 0.830. The summed E-state index contributed by atoms with van der Waals surface area (Å²) >= 11 is 0. The molecule has 3 heterocycles. The molecule has 0 saturated heterocycles. The van der Waals surface area contributed by atoms with Crippen LogP contribution < -0.4 is 0 Å². The summed E-state index contributed by atoms with van der Waals surface area (Å²) in [5.41, 5.74) is 3.98. The van der Waals surface area contributed by atoms with Gasteiger partial charge in [0.05, 0.1) is 12.7 Å². The summed E-state index contributed by atoms with van der Waals surface area (Å²) in [5, 5.41) is 4.53. The predicted octanol–water partition coefficient (Wildman–Crippen LogP) is 3.52. The van der Waals surface area contributed by atoms with Gasteiger partial charge in [0.15, 0.2) is 0 Å². The van der Waals surface area contributed by atoms with Gasteiger partial charge >= 0.3 is 0 Å². The maximum atomic E-state index is 4.53. The molecule has 0 aliphatic carbocycles. The third kappa shape index (κ3) is 4.09. The molecule has 1 aliphatic rings. The average molecular weight is 332 g/mol. The number of hydrogen-bond donors (Lipinski definition) is 0. The van der Waals surface area contributed by atoms with E-state index in [-0.39, 0.29) is 0 Å².